The Morgan fingerprint density at radius 2 is 2.16 bits per heavy atom. The van der Waals surface area contributed by atoms with Gasteiger partial charge >= 0.3 is 0 Å². The molecule has 1 aromatic rings. The Kier molecular flexibility index (Phi) is 3.01. The van der Waals surface area contributed by atoms with Crippen molar-refractivity contribution in [2.75, 3.05) is 16.8 Å². The number of fused-ring (bicyclic) bond motifs is 1. The second-order valence-electron chi connectivity index (χ2n) is 5.25. The molecule has 0 radical (unpaired) electrons. The van der Waals surface area contributed by atoms with Crippen LogP contribution in [0.5, 0.6) is 0 Å². The van der Waals surface area contributed by atoms with Crippen LogP contribution < -0.4 is 10.2 Å². The number of anilines is 2. The van der Waals surface area contributed by atoms with Crippen LogP contribution in [-0.2, 0) is 16.0 Å². The predicted molar refractivity (Wildman–Crippen MR) is 74.1 cm³/mol. The van der Waals surface area contributed by atoms with Crippen molar-refractivity contribution in [3.05, 3.63) is 23.8 Å². The van der Waals surface area contributed by atoms with Crippen LogP contribution in [0.25, 0.3) is 0 Å². The van der Waals surface area contributed by atoms with E-state index in [-0.39, 0.29) is 17.7 Å². The Hall–Kier alpha value is -1.84. The number of carbonyl (C=O) groups is 2. The van der Waals surface area contributed by atoms with Gasteiger partial charge in [0.25, 0.3) is 0 Å². The quantitative estimate of drug-likeness (QED) is 0.904. The van der Waals surface area contributed by atoms with Crippen molar-refractivity contribution in [2.24, 2.45) is 5.92 Å². The zero-order valence-corrected chi connectivity index (χ0v) is 11.1. The number of aryl methyl sites for hydroxylation is 1. The van der Waals surface area contributed by atoms with Crippen molar-refractivity contribution in [1.29, 1.82) is 0 Å². The van der Waals surface area contributed by atoms with Gasteiger partial charge in [0, 0.05) is 30.3 Å². The molecule has 4 nitrogen and oxygen atoms in total. The first-order valence-corrected chi connectivity index (χ1v) is 6.93. The predicted octanol–water partition coefficient (Wildman–Crippen LogP) is 2.33. The first kappa shape index (κ1) is 12.2. The first-order chi connectivity index (χ1) is 9.19. The van der Waals surface area contributed by atoms with Crippen molar-refractivity contribution in [3.8, 4) is 0 Å². The van der Waals surface area contributed by atoms with E-state index in [2.05, 4.69) is 5.32 Å². The standard InChI is InChI=1S/C15H18N2O2/c1-2-17-13-7-6-12(16-15(19)10-3-4-10)9-11(13)5-8-14(17)18/h6-7,9-10H,2-5,8H2,1H3,(H,16,19). The molecule has 1 aromatic carbocycles. The molecule has 2 amide bonds. The van der Waals surface area contributed by atoms with Crippen LogP contribution >= 0.6 is 0 Å². The molecule has 1 aliphatic heterocycles. The maximum absolute atomic E-state index is 11.8. The van der Waals surface area contributed by atoms with E-state index in [9.17, 15) is 9.59 Å². The molecule has 3 rings (SSSR count). The summed E-state index contributed by atoms with van der Waals surface area (Å²) >= 11 is 0. The van der Waals surface area contributed by atoms with Crippen molar-refractivity contribution in [2.45, 2.75) is 32.6 Å². The number of hydrogen-bond donors (Lipinski definition) is 1. The molecule has 1 fully saturated rings. The summed E-state index contributed by atoms with van der Waals surface area (Å²) in [6, 6.07) is 5.84. The van der Waals surface area contributed by atoms with E-state index in [1.165, 1.54) is 0 Å². The van der Waals surface area contributed by atoms with Crippen LogP contribution in [-0.4, -0.2) is 18.4 Å². The molecule has 4 heteroatoms. The van der Waals surface area contributed by atoms with E-state index < -0.39 is 0 Å². The monoisotopic (exact) mass is 258 g/mol. The van der Waals surface area contributed by atoms with E-state index in [0.29, 0.717) is 13.0 Å². The van der Waals surface area contributed by atoms with Crippen LogP contribution in [0.1, 0.15) is 31.7 Å². The van der Waals surface area contributed by atoms with Crippen LogP contribution in [0, 0.1) is 5.92 Å². The normalized spacial score (nSPS) is 18.2. The Labute approximate surface area is 112 Å². The lowest BCUT2D eigenvalue weighted by atomic mass is 10.0. The maximum Gasteiger partial charge on any atom is 0.227 e. The highest BCUT2D eigenvalue weighted by atomic mass is 16.2. The molecule has 0 spiro atoms. The average molecular weight is 258 g/mol. The lowest BCUT2D eigenvalue weighted by Crippen LogP contribution is -2.34. The van der Waals surface area contributed by atoms with Gasteiger partial charge in [0.05, 0.1) is 0 Å². The van der Waals surface area contributed by atoms with E-state index in [0.717, 1.165) is 36.2 Å². The van der Waals surface area contributed by atoms with Gasteiger partial charge in [0.15, 0.2) is 0 Å². The van der Waals surface area contributed by atoms with Gasteiger partial charge in [-0.05, 0) is 49.9 Å². The number of amides is 2. The lowest BCUT2D eigenvalue weighted by molar-refractivity contribution is -0.119. The molecule has 1 saturated carbocycles. The summed E-state index contributed by atoms with van der Waals surface area (Å²) in [6.07, 6.45) is 3.34. The topological polar surface area (TPSA) is 49.4 Å². The largest absolute Gasteiger partial charge is 0.326 e. The number of rotatable bonds is 3. The van der Waals surface area contributed by atoms with Gasteiger partial charge in [0.2, 0.25) is 11.8 Å². The van der Waals surface area contributed by atoms with E-state index in [4.69, 9.17) is 0 Å². The molecule has 100 valence electrons. The summed E-state index contributed by atoms with van der Waals surface area (Å²) < 4.78 is 0. The Balaban J connectivity index is 1.83. The van der Waals surface area contributed by atoms with Crippen LogP contribution in [0.3, 0.4) is 0 Å². The smallest absolute Gasteiger partial charge is 0.227 e. The molecule has 1 heterocycles. The van der Waals surface area contributed by atoms with Gasteiger partial charge in [-0.2, -0.15) is 0 Å². The van der Waals surface area contributed by atoms with Crippen molar-refractivity contribution in [1.82, 2.24) is 0 Å². The second kappa shape index (κ2) is 4.68. The van der Waals surface area contributed by atoms with Gasteiger partial charge in [-0.1, -0.05) is 0 Å². The third-order valence-corrected chi connectivity index (χ3v) is 3.81. The van der Waals surface area contributed by atoms with Crippen LogP contribution in [0.4, 0.5) is 11.4 Å². The number of benzene rings is 1. The Morgan fingerprint density at radius 1 is 1.37 bits per heavy atom. The van der Waals surface area contributed by atoms with Gasteiger partial charge in [0.1, 0.15) is 0 Å². The van der Waals surface area contributed by atoms with E-state index >= 15 is 0 Å². The minimum Gasteiger partial charge on any atom is -0.326 e. The van der Waals surface area contributed by atoms with Gasteiger partial charge in [-0.25, -0.2) is 0 Å². The zero-order chi connectivity index (χ0) is 13.4. The highest BCUT2D eigenvalue weighted by molar-refractivity contribution is 5.98. The van der Waals surface area contributed by atoms with Crippen molar-refractivity contribution < 1.29 is 9.59 Å². The fourth-order valence-corrected chi connectivity index (χ4v) is 2.57. The summed E-state index contributed by atoms with van der Waals surface area (Å²) in [5.41, 5.74) is 2.99. The number of nitrogens with one attached hydrogen (secondary N) is 1. The average Bonchev–Trinajstić information content (AvgIpc) is 3.23. The summed E-state index contributed by atoms with van der Waals surface area (Å²) in [6.45, 7) is 2.68. The van der Waals surface area contributed by atoms with Crippen LogP contribution in [0.15, 0.2) is 18.2 Å². The molecule has 2 aliphatic rings. The molecular weight excluding hydrogens is 240 g/mol. The molecule has 0 saturated heterocycles. The molecule has 0 atom stereocenters. The summed E-state index contributed by atoms with van der Waals surface area (Å²) in [4.78, 5) is 25.4. The fourth-order valence-electron chi connectivity index (χ4n) is 2.57. The molecule has 0 aromatic heterocycles. The summed E-state index contributed by atoms with van der Waals surface area (Å²) in [5.74, 6) is 0.522. The third-order valence-electron chi connectivity index (χ3n) is 3.81. The second-order valence-corrected chi connectivity index (χ2v) is 5.25. The molecule has 1 N–H and O–H groups in total. The minimum absolute atomic E-state index is 0.124. The van der Waals surface area contributed by atoms with E-state index in [1.54, 1.807) is 0 Å². The van der Waals surface area contributed by atoms with Crippen molar-refractivity contribution >= 4 is 23.2 Å². The Bertz CT molecular complexity index is 535. The zero-order valence-electron chi connectivity index (χ0n) is 11.1. The maximum atomic E-state index is 11.8. The van der Waals surface area contributed by atoms with Gasteiger partial charge < -0.3 is 10.2 Å². The number of hydrogen-bond acceptors (Lipinski definition) is 2. The third kappa shape index (κ3) is 2.35. The number of nitrogens with zero attached hydrogens (tertiary/aromatic N) is 1. The fraction of sp³-hybridized carbons (Fsp3) is 0.467. The minimum atomic E-state index is 0.124. The molecule has 1 aliphatic carbocycles. The van der Waals surface area contributed by atoms with Gasteiger partial charge in [-0.15, -0.1) is 0 Å². The SMILES string of the molecule is CCN1C(=O)CCc2cc(NC(=O)C3CC3)ccc21. The molecule has 19 heavy (non-hydrogen) atoms. The summed E-state index contributed by atoms with van der Waals surface area (Å²) in [7, 11) is 0. The Morgan fingerprint density at radius 3 is 2.84 bits per heavy atom. The molecule has 0 unspecified atom stereocenters. The van der Waals surface area contributed by atoms with E-state index in [1.807, 2.05) is 30.0 Å². The van der Waals surface area contributed by atoms with Crippen LogP contribution in [0.2, 0.25) is 0 Å². The number of carbonyl (C=O) groups excluding carboxylic acids is 2. The first-order valence-electron chi connectivity index (χ1n) is 6.93. The molecular formula is C15H18N2O2. The highest BCUT2D eigenvalue weighted by Gasteiger charge is 2.30. The highest BCUT2D eigenvalue weighted by Crippen LogP contribution is 2.32. The van der Waals surface area contributed by atoms with Crippen molar-refractivity contribution in [3.63, 3.8) is 0 Å². The lowest BCUT2D eigenvalue weighted by Gasteiger charge is -2.28. The summed E-state index contributed by atoms with van der Waals surface area (Å²) in [5, 5.41) is 2.96. The van der Waals surface area contributed by atoms with Gasteiger partial charge in [-0.3, -0.25) is 9.59 Å². The molecule has 0 bridgehead atoms.